The predicted molar refractivity (Wildman–Crippen MR) is 192 cm³/mol. The number of amidine groups is 3. The van der Waals surface area contributed by atoms with Gasteiger partial charge in [-0.05, 0) is 84.7 Å². The fourth-order valence-corrected chi connectivity index (χ4v) is 5.55. The number of nitrogens with one attached hydrogen (secondary N) is 2. The normalized spacial score (nSPS) is 15.5. The molecule has 3 aliphatic rings. The van der Waals surface area contributed by atoms with Gasteiger partial charge in [0.2, 0.25) is 5.96 Å². The summed E-state index contributed by atoms with van der Waals surface area (Å²) in [5.74, 6) is 3.58. The molecular weight excluding hydrogens is 568 g/mol. The maximum Gasteiger partial charge on any atom is 0.241 e. The first kappa shape index (κ1) is 29.0. The monoisotopic (exact) mass is 604 g/mol. The van der Waals surface area contributed by atoms with Gasteiger partial charge in [-0.2, -0.15) is 9.98 Å². The molecule has 0 aromatic heterocycles. The summed E-state index contributed by atoms with van der Waals surface area (Å²) < 4.78 is 0. The smallest absolute Gasteiger partial charge is 0.241 e. The number of guanidine groups is 1. The lowest BCUT2D eigenvalue weighted by Gasteiger charge is -2.32. The number of anilines is 5. The first-order chi connectivity index (χ1) is 22.5. The maximum absolute atomic E-state index is 5.07. The van der Waals surface area contributed by atoms with Gasteiger partial charge < -0.3 is 15.5 Å². The molecule has 2 N–H and O–H groups in total. The highest BCUT2D eigenvalue weighted by Gasteiger charge is 2.32. The van der Waals surface area contributed by atoms with Crippen LogP contribution in [-0.2, 0) is 0 Å². The lowest BCUT2D eigenvalue weighted by molar-refractivity contribution is 0.711. The summed E-state index contributed by atoms with van der Waals surface area (Å²) in [5, 5.41) is 7.21. The lowest BCUT2D eigenvalue weighted by atomic mass is 9.96. The van der Waals surface area contributed by atoms with E-state index in [-0.39, 0.29) is 0 Å². The van der Waals surface area contributed by atoms with Crippen LogP contribution in [0.15, 0.2) is 141 Å². The Morgan fingerprint density at radius 2 is 1.35 bits per heavy atom. The number of para-hydroxylation sites is 2. The number of hydrogen-bond donors (Lipinski definition) is 2. The molecule has 0 spiro atoms. The molecule has 0 aliphatic carbocycles. The lowest BCUT2D eigenvalue weighted by Crippen LogP contribution is -2.41. The Morgan fingerprint density at radius 1 is 0.717 bits per heavy atom. The first-order valence-electron chi connectivity index (χ1n) is 15.6. The van der Waals surface area contributed by atoms with E-state index in [1.165, 1.54) is 5.56 Å². The van der Waals surface area contributed by atoms with Gasteiger partial charge in [0.05, 0.1) is 5.69 Å². The van der Waals surface area contributed by atoms with Crippen molar-refractivity contribution in [3.8, 4) is 0 Å². The van der Waals surface area contributed by atoms with Crippen LogP contribution in [0.2, 0.25) is 0 Å². The molecule has 0 fully saturated rings. The molecule has 0 amide bonds. The van der Waals surface area contributed by atoms with Crippen LogP contribution in [0.3, 0.4) is 0 Å². The van der Waals surface area contributed by atoms with Crippen molar-refractivity contribution in [2.24, 2.45) is 20.0 Å². The van der Waals surface area contributed by atoms with E-state index in [2.05, 4.69) is 77.9 Å². The fourth-order valence-electron chi connectivity index (χ4n) is 5.55. The van der Waals surface area contributed by atoms with E-state index in [0.29, 0.717) is 23.5 Å². The van der Waals surface area contributed by atoms with Crippen molar-refractivity contribution in [2.75, 3.05) is 29.6 Å². The number of rotatable bonds is 9. The number of hydrogen-bond acceptors (Lipinski definition) is 8. The molecule has 8 nitrogen and oxygen atoms in total. The quantitative estimate of drug-likeness (QED) is 0.201. The highest BCUT2D eigenvalue weighted by molar-refractivity contribution is 6.26. The standard InChI is InChI=1S/C38H36N8/c1-5-25(2)26-19-21-30(32(23-26)39-27-13-8-6-9-14-27)36-41-34-17-12-18-35-42-37(44-38(43-36)46(34)35)31-22-20-29(45(3)4)24-33(31)40-28-15-10-7-11-16-28/h6-25,39-40H,5H2,1-4H3. The second-order valence-corrected chi connectivity index (χ2v) is 11.7. The molecule has 0 radical (unpaired) electrons. The minimum atomic E-state index is 0.425. The van der Waals surface area contributed by atoms with E-state index >= 15 is 0 Å². The highest BCUT2D eigenvalue weighted by atomic mass is 15.4. The predicted octanol–water partition coefficient (Wildman–Crippen LogP) is 8.44. The van der Waals surface area contributed by atoms with E-state index in [4.69, 9.17) is 20.0 Å². The van der Waals surface area contributed by atoms with Crippen molar-refractivity contribution in [3.05, 3.63) is 138 Å². The van der Waals surface area contributed by atoms with Gasteiger partial charge in [0, 0.05) is 48.0 Å². The van der Waals surface area contributed by atoms with Crippen LogP contribution in [0.5, 0.6) is 0 Å². The zero-order chi connectivity index (χ0) is 31.6. The second-order valence-electron chi connectivity index (χ2n) is 11.7. The molecule has 8 heteroatoms. The summed E-state index contributed by atoms with van der Waals surface area (Å²) in [6.45, 7) is 4.46. The number of nitrogens with zero attached hydrogens (tertiary/aromatic N) is 6. The third kappa shape index (κ3) is 5.73. The van der Waals surface area contributed by atoms with Crippen LogP contribution in [0.25, 0.3) is 0 Å². The zero-order valence-electron chi connectivity index (χ0n) is 26.4. The van der Waals surface area contributed by atoms with Gasteiger partial charge in [0.15, 0.2) is 11.7 Å². The maximum atomic E-state index is 5.07. The number of allylic oxidation sites excluding steroid dienone is 2. The van der Waals surface area contributed by atoms with Crippen molar-refractivity contribution in [1.29, 1.82) is 0 Å². The van der Waals surface area contributed by atoms with Crippen molar-refractivity contribution < 1.29 is 0 Å². The zero-order valence-corrected chi connectivity index (χ0v) is 26.4. The molecule has 4 aromatic rings. The average Bonchev–Trinajstić information content (AvgIpc) is 3.08. The minimum Gasteiger partial charge on any atom is -0.378 e. The Balaban J connectivity index is 1.33. The molecule has 3 aliphatic heterocycles. The Bertz CT molecular complexity index is 1970. The van der Waals surface area contributed by atoms with E-state index in [1.807, 2.05) is 85.8 Å². The van der Waals surface area contributed by atoms with Gasteiger partial charge in [0.25, 0.3) is 0 Å². The van der Waals surface area contributed by atoms with Crippen LogP contribution in [-0.4, -0.2) is 42.5 Å². The average molecular weight is 605 g/mol. The second kappa shape index (κ2) is 12.3. The minimum absolute atomic E-state index is 0.425. The molecule has 4 aromatic carbocycles. The molecule has 7 rings (SSSR count). The van der Waals surface area contributed by atoms with Crippen LogP contribution < -0.4 is 15.5 Å². The molecule has 0 saturated heterocycles. The van der Waals surface area contributed by atoms with Gasteiger partial charge in [-0.25, -0.2) is 14.9 Å². The van der Waals surface area contributed by atoms with E-state index in [9.17, 15) is 0 Å². The van der Waals surface area contributed by atoms with Crippen LogP contribution in [0, 0.1) is 0 Å². The Labute approximate surface area is 270 Å². The van der Waals surface area contributed by atoms with Crippen molar-refractivity contribution in [3.63, 3.8) is 0 Å². The highest BCUT2D eigenvalue weighted by Crippen LogP contribution is 2.33. The summed E-state index contributed by atoms with van der Waals surface area (Å²) in [7, 11) is 4.07. The molecule has 228 valence electrons. The molecule has 0 saturated carbocycles. The molecule has 1 unspecified atom stereocenters. The van der Waals surface area contributed by atoms with Crippen molar-refractivity contribution in [2.45, 2.75) is 26.2 Å². The van der Waals surface area contributed by atoms with Gasteiger partial charge in [-0.15, -0.1) is 0 Å². The van der Waals surface area contributed by atoms with Crippen LogP contribution >= 0.6 is 0 Å². The Hall–Kier alpha value is -5.76. The number of aliphatic imine (C=N–C) groups is 4. The fraction of sp³-hybridized carbons (Fsp3) is 0.158. The summed E-state index contributed by atoms with van der Waals surface area (Å²) in [4.78, 5) is 24.1. The molecule has 46 heavy (non-hydrogen) atoms. The third-order valence-corrected chi connectivity index (χ3v) is 8.33. The van der Waals surface area contributed by atoms with Crippen molar-refractivity contribution >= 4 is 51.9 Å². The van der Waals surface area contributed by atoms with Crippen LogP contribution in [0.1, 0.15) is 42.9 Å². The van der Waals surface area contributed by atoms with E-state index < -0.39 is 0 Å². The molecule has 3 heterocycles. The molecule has 1 atom stereocenters. The first-order valence-corrected chi connectivity index (χ1v) is 15.6. The Morgan fingerprint density at radius 3 is 2.00 bits per heavy atom. The number of benzene rings is 4. The van der Waals surface area contributed by atoms with E-state index in [0.717, 1.165) is 57.6 Å². The summed E-state index contributed by atoms with van der Waals surface area (Å²) in [6.07, 6.45) is 6.97. The van der Waals surface area contributed by atoms with Gasteiger partial charge in [-0.3, -0.25) is 0 Å². The molecule has 0 bridgehead atoms. The summed E-state index contributed by atoms with van der Waals surface area (Å²) in [5.41, 5.74) is 7.96. The SMILES string of the molecule is CCC(C)c1ccc(C2=NC3=CC=CC4=NC(c5ccc(N(C)C)cc5Nc5ccccc5)=NC(=N2)N34)c(Nc2ccccc2)c1. The Kier molecular flexibility index (Phi) is 7.76. The van der Waals surface area contributed by atoms with E-state index in [1.54, 1.807) is 0 Å². The van der Waals surface area contributed by atoms with Gasteiger partial charge in [0.1, 0.15) is 11.7 Å². The van der Waals surface area contributed by atoms with Crippen LogP contribution in [0.4, 0.5) is 28.4 Å². The summed E-state index contributed by atoms with van der Waals surface area (Å²) >= 11 is 0. The van der Waals surface area contributed by atoms with Gasteiger partial charge >= 0.3 is 0 Å². The topological polar surface area (TPSA) is 80.0 Å². The molecular formula is C38H36N8. The summed E-state index contributed by atoms with van der Waals surface area (Å²) in [6, 6.07) is 33.1. The van der Waals surface area contributed by atoms with Gasteiger partial charge in [-0.1, -0.05) is 62.4 Å². The van der Waals surface area contributed by atoms with Crippen molar-refractivity contribution in [1.82, 2.24) is 4.90 Å². The largest absolute Gasteiger partial charge is 0.378 e. The third-order valence-electron chi connectivity index (χ3n) is 8.33.